The fraction of sp³-hybridized carbons (Fsp3) is 0.241. The third-order valence-corrected chi connectivity index (χ3v) is 10.2. The van der Waals surface area contributed by atoms with E-state index in [-0.39, 0.29) is 15.8 Å². The molecule has 0 fully saturated rings. The molecule has 0 nitrogen and oxygen atoms in total. The summed E-state index contributed by atoms with van der Waals surface area (Å²) in [6.07, 6.45) is 16.3. The first-order valence-electron chi connectivity index (χ1n) is 11.1. The van der Waals surface area contributed by atoms with Crippen molar-refractivity contribution in [1.29, 1.82) is 0 Å². The van der Waals surface area contributed by atoms with Gasteiger partial charge in [-0.2, -0.15) is 0 Å². The van der Waals surface area contributed by atoms with Crippen LogP contribution in [0.3, 0.4) is 0 Å². The van der Waals surface area contributed by atoms with Gasteiger partial charge in [-0.1, -0.05) is 124 Å². The summed E-state index contributed by atoms with van der Waals surface area (Å²) in [4.78, 5) is 0. The second kappa shape index (κ2) is 16.7. The van der Waals surface area contributed by atoms with Crippen molar-refractivity contribution in [3.63, 3.8) is 0 Å². The van der Waals surface area contributed by atoms with Gasteiger partial charge in [0.15, 0.2) is 0 Å². The van der Waals surface area contributed by atoms with E-state index in [9.17, 15) is 0 Å². The molecule has 2 unspecified atom stereocenters. The average Bonchev–Trinajstić information content (AvgIpc) is 2.85. The Kier molecular flexibility index (Phi) is 14.5. The summed E-state index contributed by atoms with van der Waals surface area (Å²) in [5, 5.41) is 5.69. The van der Waals surface area contributed by atoms with Gasteiger partial charge >= 0.3 is 0 Å². The Morgan fingerprint density at radius 2 is 1.19 bits per heavy atom. The molecule has 0 N–H and O–H groups in total. The molecule has 0 radical (unpaired) electrons. The molecule has 2 atom stereocenters. The van der Waals surface area contributed by atoms with Gasteiger partial charge in [-0.25, -0.2) is 0 Å². The summed E-state index contributed by atoms with van der Waals surface area (Å²) in [7, 11) is -0.720. The zero-order valence-electron chi connectivity index (χ0n) is 19.7. The highest BCUT2D eigenvalue weighted by Crippen LogP contribution is 2.49. The van der Waals surface area contributed by atoms with Gasteiger partial charge in [0.05, 0.1) is 0 Å². The molecule has 164 valence electrons. The fourth-order valence-corrected chi connectivity index (χ4v) is 8.31. The van der Waals surface area contributed by atoms with Crippen molar-refractivity contribution in [2.45, 2.75) is 34.1 Å². The van der Waals surface area contributed by atoms with Gasteiger partial charge in [0, 0.05) is 0 Å². The highest BCUT2D eigenvalue weighted by Gasteiger charge is 2.17. The van der Waals surface area contributed by atoms with Crippen LogP contribution in [0.25, 0.3) is 0 Å². The van der Waals surface area contributed by atoms with E-state index in [1.807, 2.05) is 26.0 Å². The minimum atomic E-state index is -0.367. The lowest BCUT2D eigenvalue weighted by atomic mass is 10.4. The zero-order chi connectivity index (χ0) is 22.9. The molecular weight excluding hydrogens is 410 g/mol. The molecule has 0 aromatic heterocycles. The standard InChI is InChI=1S/C27H32P2.C2H6/c1-5-9-17-25(8-4)29(27-20-14-11-15-21-27)23-16-22-28(24(6-2)7-3)26-18-12-10-13-19-26;1-2/h5-15,17-21H,1-2,16,22-23H2,3-4H3;1-2H3/b17-9-,24-7+,25-8+;. The molecular formula is C29H38P2. The van der Waals surface area contributed by atoms with Crippen LogP contribution in [-0.4, -0.2) is 12.3 Å². The number of rotatable bonds is 11. The van der Waals surface area contributed by atoms with Gasteiger partial charge in [-0.15, -0.1) is 0 Å². The molecule has 0 spiro atoms. The summed E-state index contributed by atoms with van der Waals surface area (Å²) in [6.45, 7) is 16.2. The van der Waals surface area contributed by atoms with Crippen molar-refractivity contribution < 1.29 is 0 Å². The van der Waals surface area contributed by atoms with Crippen molar-refractivity contribution in [3.8, 4) is 0 Å². The minimum Gasteiger partial charge on any atom is -0.0991 e. The maximum Gasteiger partial charge on any atom is -0.0195 e. The highest BCUT2D eigenvalue weighted by molar-refractivity contribution is 7.71. The van der Waals surface area contributed by atoms with Crippen molar-refractivity contribution in [2.24, 2.45) is 0 Å². The number of allylic oxidation sites excluding steroid dienone is 8. The first-order chi connectivity index (χ1) is 15.2. The van der Waals surface area contributed by atoms with Crippen LogP contribution in [0, 0.1) is 0 Å². The van der Waals surface area contributed by atoms with Crippen LogP contribution >= 0.6 is 15.8 Å². The van der Waals surface area contributed by atoms with Crippen LogP contribution in [0.2, 0.25) is 0 Å². The lowest BCUT2D eigenvalue weighted by Crippen LogP contribution is -2.08. The second-order valence-electron chi connectivity index (χ2n) is 6.55. The predicted molar refractivity (Wildman–Crippen MR) is 149 cm³/mol. The maximum absolute atomic E-state index is 4.07. The molecule has 2 aromatic carbocycles. The van der Waals surface area contributed by atoms with E-state index in [1.54, 1.807) is 0 Å². The molecule has 31 heavy (non-hydrogen) atoms. The van der Waals surface area contributed by atoms with E-state index >= 15 is 0 Å². The normalized spacial score (nSPS) is 13.8. The highest BCUT2D eigenvalue weighted by atomic mass is 31.1. The summed E-state index contributed by atoms with van der Waals surface area (Å²) in [6, 6.07) is 21.9. The third-order valence-electron chi connectivity index (χ3n) is 4.73. The number of hydrogen-bond acceptors (Lipinski definition) is 0. The summed E-state index contributed by atoms with van der Waals surface area (Å²) < 4.78 is 0. The van der Waals surface area contributed by atoms with Gasteiger partial charge in [-0.3, -0.25) is 0 Å². The molecule has 0 saturated carbocycles. The molecule has 2 aromatic rings. The molecule has 0 heterocycles. The summed E-state index contributed by atoms with van der Waals surface area (Å²) >= 11 is 0. The van der Waals surface area contributed by atoms with Gasteiger partial charge in [0.2, 0.25) is 0 Å². The second-order valence-corrected chi connectivity index (χ2v) is 11.2. The van der Waals surface area contributed by atoms with E-state index in [0.717, 1.165) is 0 Å². The van der Waals surface area contributed by atoms with E-state index in [0.29, 0.717) is 0 Å². The Morgan fingerprint density at radius 3 is 1.58 bits per heavy atom. The zero-order valence-corrected chi connectivity index (χ0v) is 21.5. The number of benzene rings is 2. The quantitative estimate of drug-likeness (QED) is 0.238. The molecule has 0 amide bonds. The van der Waals surface area contributed by atoms with Crippen molar-refractivity contribution in [3.05, 3.63) is 121 Å². The van der Waals surface area contributed by atoms with Gasteiger partial charge in [-0.05, 0) is 69.7 Å². The van der Waals surface area contributed by atoms with Gasteiger partial charge in [0.1, 0.15) is 0 Å². The maximum atomic E-state index is 4.07. The van der Waals surface area contributed by atoms with Crippen LogP contribution in [-0.2, 0) is 0 Å². The molecule has 0 aliphatic carbocycles. The van der Waals surface area contributed by atoms with Crippen LogP contribution < -0.4 is 10.6 Å². The predicted octanol–water partition coefficient (Wildman–Crippen LogP) is 8.75. The molecule has 0 bridgehead atoms. The molecule has 0 saturated heterocycles. The van der Waals surface area contributed by atoms with E-state index in [1.165, 1.54) is 40.0 Å². The Hall–Kier alpha value is -2.00. The Morgan fingerprint density at radius 1 is 0.742 bits per heavy atom. The van der Waals surface area contributed by atoms with Crippen molar-refractivity contribution >= 4 is 26.5 Å². The monoisotopic (exact) mass is 448 g/mol. The molecule has 2 rings (SSSR count). The fourth-order valence-electron chi connectivity index (χ4n) is 3.31. The first-order valence-corrected chi connectivity index (χ1v) is 14.2. The molecule has 2 heteroatoms. The molecule has 0 aliphatic heterocycles. The largest absolute Gasteiger partial charge is 0.0991 e. The van der Waals surface area contributed by atoms with E-state index in [4.69, 9.17) is 0 Å². The topological polar surface area (TPSA) is 0 Å². The van der Waals surface area contributed by atoms with Gasteiger partial charge < -0.3 is 0 Å². The van der Waals surface area contributed by atoms with Crippen molar-refractivity contribution in [2.75, 3.05) is 12.3 Å². The van der Waals surface area contributed by atoms with E-state index in [2.05, 4.69) is 112 Å². The SMILES string of the molecule is C=C/C=C\C(=C/C)P(CCCP(/C(C=C)=C/C)c1ccccc1)c1ccccc1.CC. The first kappa shape index (κ1) is 27.0. The molecule has 0 aliphatic rings. The average molecular weight is 449 g/mol. The number of hydrogen-bond donors (Lipinski definition) is 0. The third kappa shape index (κ3) is 8.95. The van der Waals surface area contributed by atoms with Crippen LogP contribution in [0.4, 0.5) is 0 Å². The smallest absolute Gasteiger partial charge is 0.0195 e. The van der Waals surface area contributed by atoms with Gasteiger partial charge in [0.25, 0.3) is 0 Å². The Labute approximate surface area is 193 Å². The lowest BCUT2D eigenvalue weighted by molar-refractivity contribution is 1.11. The summed E-state index contributed by atoms with van der Waals surface area (Å²) in [5.74, 6) is 0. The summed E-state index contributed by atoms with van der Waals surface area (Å²) in [5.41, 5.74) is 0. The van der Waals surface area contributed by atoms with E-state index < -0.39 is 0 Å². The van der Waals surface area contributed by atoms with Crippen molar-refractivity contribution in [1.82, 2.24) is 0 Å². The van der Waals surface area contributed by atoms with Crippen LogP contribution in [0.5, 0.6) is 0 Å². The van der Waals surface area contributed by atoms with Crippen LogP contribution in [0.1, 0.15) is 34.1 Å². The van der Waals surface area contributed by atoms with Crippen LogP contribution in [0.15, 0.2) is 121 Å². The Bertz CT molecular complexity index is 845. The Balaban J connectivity index is 0.00000233. The minimum absolute atomic E-state index is 0.354. The lowest BCUT2D eigenvalue weighted by Gasteiger charge is -2.23.